The fourth-order valence-corrected chi connectivity index (χ4v) is 1.43. The molecule has 0 unspecified atom stereocenters. The predicted octanol–water partition coefficient (Wildman–Crippen LogP) is 0.852. The van der Waals surface area contributed by atoms with Gasteiger partial charge in [0.15, 0.2) is 11.0 Å². The molecule has 0 aromatic carbocycles. The number of carbonyl (C=O) groups is 1. The van der Waals surface area contributed by atoms with Crippen LogP contribution in [0.2, 0.25) is 10.4 Å². The van der Waals surface area contributed by atoms with E-state index in [4.69, 9.17) is 34.2 Å². The normalized spacial score (nSPS) is 9.40. The second kappa shape index (κ2) is 4.77. The highest BCUT2D eigenvalue weighted by Gasteiger charge is 2.16. The summed E-state index contributed by atoms with van der Waals surface area (Å²) in [6.45, 7) is -0.196. The van der Waals surface area contributed by atoms with Gasteiger partial charge in [0.05, 0.1) is 6.07 Å². The minimum Gasteiger partial charge on any atom is -0.382 e. The maximum absolute atomic E-state index is 10.7. The standard InChI is InChI=1S/C7H5Cl2N5O/c8-5-4(14(3-15)2-1-10)6(11)13-7(9)12-5/h3H,2H2,(H2,11,12,13). The smallest absolute Gasteiger partial charge is 0.225 e. The van der Waals surface area contributed by atoms with E-state index in [1.165, 1.54) is 0 Å². The van der Waals surface area contributed by atoms with Gasteiger partial charge in [0.1, 0.15) is 12.2 Å². The van der Waals surface area contributed by atoms with Gasteiger partial charge in [-0.25, -0.2) is 4.98 Å². The molecule has 0 saturated carbocycles. The molecule has 6 nitrogen and oxygen atoms in total. The Morgan fingerprint density at radius 2 is 2.20 bits per heavy atom. The number of nitriles is 1. The van der Waals surface area contributed by atoms with E-state index in [0.29, 0.717) is 6.41 Å². The molecule has 1 heterocycles. The molecule has 1 aromatic rings. The predicted molar refractivity (Wildman–Crippen MR) is 55.5 cm³/mol. The lowest BCUT2D eigenvalue weighted by Gasteiger charge is -2.15. The Morgan fingerprint density at radius 1 is 1.53 bits per heavy atom. The molecule has 0 spiro atoms. The molecule has 1 amide bonds. The zero-order valence-corrected chi connectivity index (χ0v) is 8.83. The van der Waals surface area contributed by atoms with Crippen molar-refractivity contribution >= 4 is 41.1 Å². The summed E-state index contributed by atoms with van der Waals surface area (Å²) in [6, 6.07) is 1.78. The van der Waals surface area contributed by atoms with Crippen LogP contribution in [-0.2, 0) is 4.79 Å². The van der Waals surface area contributed by atoms with E-state index in [-0.39, 0.29) is 28.5 Å². The Morgan fingerprint density at radius 3 is 2.67 bits per heavy atom. The zero-order chi connectivity index (χ0) is 11.4. The minimum atomic E-state index is -0.196. The molecule has 78 valence electrons. The van der Waals surface area contributed by atoms with Gasteiger partial charge in [-0.2, -0.15) is 10.2 Å². The molecule has 2 N–H and O–H groups in total. The van der Waals surface area contributed by atoms with Gasteiger partial charge in [-0.15, -0.1) is 0 Å². The van der Waals surface area contributed by atoms with Crippen LogP contribution in [-0.4, -0.2) is 22.9 Å². The van der Waals surface area contributed by atoms with Crippen LogP contribution in [0.3, 0.4) is 0 Å². The van der Waals surface area contributed by atoms with Crippen LogP contribution >= 0.6 is 23.2 Å². The van der Waals surface area contributed by atoms with Crippen LogP contribution in [0.4, 0.5) is 11.5 Å². The number of nitrogens with two attached hydrogens (primary N) is 1. The second-order valence-corrected chi connectivity index (χ2v) is 3.10. The van der Waals surface area contributed by atoms with E-state index in [2.05, 4.69) is 9.97 Å². The number of anilines is 2. The van der Waals surface area contributed by atoms with E-state index in [0.717, 1.165) is 4.90 Å². The first kappa shape index (κ1) is 11.5. The maximum Gasteiger partial charge on any atom is 0.225 e. The molecule has 0 aliphatic carbocycles. The number of amides is 1. The molecule has 15 heavy (non-hydrogen) atoms. The molecule has 0 atom stereocenters. The number of rotatable bonds is 3. The quantitative estimate of drug-likeness (QED) is 0.369. The molecule has 8 heteroatoms. The molecule has 0 fully saturated rings. The Bertz CT molecular complexity index is 407. The van der Waals surface area contributed by atoms with Crippen LogP contribution < -0.4 is 10.6 Å². The number of hydrogen-bond acceptors (Lipinski definition) is 5. The Balaban J connectivity index is 3.24. The van der Waals surface area contributed by atoms with Gasteiger partial charge in [-0.05, 0) is 11.6 Å². The highest BCUT2D eigenvalue weighted by molar-refractivity contribution is 6.34. The summed E-state index contributed by atoms with van der Waals surface area (Å²) < 4.78 is 0. The van der Waals surface area contributed by atoms with Crippen molar-refractivity contribution < 1.29 is 4.79 Å². The average Bonchev–Trinajstić information content (AvgIpc) is 2.14. The topological polar surface area (TPSA) is 95.9 Å². The van der Waals surface area contributed by atoms with E-state index < -0.39 is 0 Å². The van der Waals surface area contributed by atoms with Crippen molar-refractivity contribution in [1.82, 2.24) is 9.97 Å². The SMILES string of the molecule is N#CCN(C=O)c1c(N)nc(Cl)nc1Cl. The van der Waals surface area contributed by atoms with Crippen molar-refractivity contribution in [3.8, 4) is 6.07 Å². The zero-order valence-electron chi connectivity index (χ0n) is 7.31. The Labute approximate surface area is 95.2 Å². The third-order valence-electron chi connectivity index (χ3n) is 1.50. The van der Waals surface area contributed by atoms with Gasteiger partial charge in [0, 0.05) is 0 Å². The summed E-state index contributed by atoms with van der Waals surface area (Å²) in [4.78, 5) is 18.9. The van der Waals surface area contributed by atoms with Crippen LogP contribution in [0.5, 0.6) is 0 Å². The van der Waals surface area contributed by atoms with E-state index in [1.54, 1.807) is 6.07 Å². The van der Waals surface area contributed by atoms with Crippen molar-refractivity contribution in [2.45, 2.75) is 0 Å². The summed E-state index contributed by atoms with van der Waals surface area (Å²) in [5, 5.41) is 8.27. The molecule has 1 aromatic heterocycles. The third-order valence-corrected chi connectivity index (χ3v) is 1.93. The average molecular weight is 246 g/mol. The molecule has 0 aliphatic rings. The molecule has 0 aliphatic heterocycles. The number of carbonyl (C=O) groups excluding carboxylic acids is 1. The minimum absolute atomic E-state index is 0.0534. The number of aromatic nitrogens is 2. The Kier molecular flexibility index (Phi) is 3.66. The van der Waals surface area contributed by atoms with Crippen LogP contribution in [0, 0.1) is 11.3 Å². The number of halogens is 2. The van der Waals surface area contributed by atoms with Crippen molar-refractivity contribution in [3.05, 3.63) is 10.4 Å². The maximum atomic E-state index is 10.7. The molecular weight excluding hydrogens is 241 g/mol. The summed E-state index contributed by atoms with van der Waals surface area (Å²) >= 11 is 11.2. The van der Waals surface area contributed by atoms with Crippen molar-refractivity contribution in [2.75, 3.05) is 17.2 Å². The van der Waals surface area contributed by atoms with Gasteiger partial charge in [0.25, 0.3) is 0 Å². The van der Waals surface area contributed by atoms with E-state index in [1.807, 2.05) is 0 Å². The van der Waals surface area contributed by atoms with Gasteiger partial charge >= 0.3 is 0 Å². The summed E-state index contributed by atoms with van der Waals surface area (Å²) in [6.07, 6.45) is 0.415. The molecule has 0 radical (unpaired) electrons. The Hall–Kier alpha value is -1.58. The lowest BCUT2D eigenvalue weighted by molar-refractivity contribution is -0.107. The third kappa shape index (κ3) is 2.46. The fraction of sp³-hybridized carbons (Fsp3) is 0.143. The number of nitrogens with zero attached hydrogens (tertiary/aromatic N) is 4. The van der Waals surface area contributed by atoms with Crippen molar-refractivity contribution in [3.63, 3.8) is 0 Å². The first-order valence-electron chi connectivity index (χ1n) is 3.67. The van der Waals surface area contributed by atoms with E-state index >= 15 is 0 Å². The fourth-order valence-electron chi connectivity index (χ4n) is 0.928. The van der Waals surface area contributed by atoms with Gasteiger partial charge < -0.3 is 5.73 Å². The van der Waals surface area contributed by atoms with Crippen molar-refractivity contribution in [2.24, 2.45) is 0 Å². The number of hydrogen-bond donors (Lipinski definition) is 1. The largest absolute Gasteiger partial charge is 0.382 e. The highest BCUT2D eigenvalue weighted by atomic mass is 35.5. The highest BCUT2D eigenvalue weighted by Crippen LogP contribution is 2.29. The second-order valence-electron chi connectivity index (χ2n) is 2.41. The number of nitrogen functional groups attached to an aromatic ring is 1. The van der Waals surface area contributed by atoms with E-state index in [9.17, 15) is 4.79 Å². The van der Waals surface area contributed by atoms with Crippen LogP contribution in [0.15, 0.2) is 0 Å². The first-order valence-corrected chi connectivity index (χ1v) is 4.43. The summed E-state index contributed by atoms with van der Waals surface area (Å²) in [7, 11) is 0. The van der Waals surface area contributed by atoms with Crippen LogP contribution in [0.25, 0.3) is 0 Å². The van der Waals surface area contributed by atoms with Crippen molar-refractivity contribution in [1.29, 1.82) is 5.26 Å². The monoisotopic (exact) mass is 245 g/mol. The summed E-state index contributed by atoms with van der Waals surface area (Å²) in [5.74, 6) is -0.0534. The van der Waals surface area contributed by atoms with Gasteiger partial charge in [0.2, 0.25) is 11.7 Å². The van der Waals surface area contributed by atoms with Crippen LogP contribution in [0.1, 0.15) is 0 Å². The molecule has 1 rings (SSSR count). The van der Waals surface area contributed by atoms with Gasteiger partial charge in [-0.3, -0.25) is 9.69 Å². The first-order chi connectivity index (χ1) is 7.10. The lowest BCUT2D eigenvalue weighted by Crippen LogP contribution is -2.23. The molecule has 0 bridgehead atoms. The van der Waals surface area contributed by atoms with Gasteiger partial charge in [-0.1, -0.05) is 11.6 Å². The molecular formula is C7H5Cl2N5O. The molecule has 0 saturated heterocycles. The summed E-state index contributed by atoms with van der Waals surface area (Å²) in [5.41, 5.74) is 5.58. The lowest BCUT2D eigenvalue weighted by atomic mass is 10.4.